The van der Waals surface area contributed by atoms with Gasteiger partial charge in [0.1, 0.15) is 48.8 Å². The molecule has 0 aliphatic carbocycles. The van der Waals surface area contributed by atoms with Crippen molar-refractivity contribution in [3.8, 4) is 0 Å². The van der Waals surface area contributed by atoms with Gasteiger partial charge in [0.15, 0.2) is 12.6 Å². The van der Waals surface area contributed by atoms with Crippen LogP contribution in [-0.4, -0.2) is 139 Å². The fraction of sp³-hybridized carbons (Fsp3) is 1.00. The van der Waals surface area contributed by atoms with E-state index in [-0.39, 0.29) is 23.1 Å². The summed E-state index contributed by atoms with van der Waals surface area (Å²) in [6.07, 6.45) is -15.6. The maximum atomic E-state index is 9.94. The Morgan fingerprint density at radius 1 is 0.667 bits per heavy atom. The highest BCUT2D eigenvalue weighted by Gasteiger charge is 2.50. The molecule has 0 spiro atoms. The molecule has 11 nitrogen and oxygen atoms in total. The Morgan fingerprint density at radius 2 is 1.25 bits per heavy atom. The van der Waals surface area contributed by atoms with E-state index < -0.39 is 74.6 Å². The lowest BCUT2D eigenvalue weighted by Gasteiger charge is -2.45. The number of aliphatic hydroxyl groups is 8. The summed E-state index contributed by atoms with van der Waals surface area (Å²) < 4.78 is 15.3. The molecule has 2 saturated heterocycles. The Balaban J connectivity index is 0.00000288. The van der Waals surface area contributed by atoms with Gasteiger partial charge >= 0.3 is 23.1 Å². The SMILES string of the molecule is OC[C@H]1O[C@@H](O[C@H]2[C@H](O)[C@@H](O)[C@H](O)O[C@@H]2CO)[C@H](O)[C@@H](O)[C@H]1O.[MgH2]. The van der Waals surface area contributed by atoms with E-state index in [0.717, 1.165) is 0 Å². The fourth-order valence-electron chi connectivity index (χ4n) is 2.57. The first-order valence-electron chi connectivity index (χ1n) is 7.08. The van der Waals surface area contributed by atoms with Crippen LogP contribution >= 0.6 is 0 Å². The van der Waals surface area contributed by atoms with E-state index in [0.29, 0.717) is 0 Å². The van der Waals surface area contributed by atoms with E-state index in [9.17, 15) is 35.7 Å². The number of hydrogen-bond acceptors (Lipinski definition) is 11. The highest BCUT2D eigenvalue weighted by Crippen LogP contribution is 2.28. The van der Waals surface area contributed by atoms with Gasteiger partial charge in [0, 0.05) is 0 Å². The third-order valence-electron chi connectivity index (χ3n) is 3.98. The molecular weight excluding hydrogens is 344 g/mol. The topological polar surface area (TPSA) is 190 Å². The van der Waals surface area contributed by atoms with Crippen LogP contribution in [0.5, 0.6) is 0 Å². The Morgan fingerprint density at radius 3 is 1.79 bits per heavy atom. The predicted octanol–water partition coefficient (Wildman–Crippen LogP) is -6.31. The third kappa shape index (κ3) is 4.35. The zero-order chi connectivity index (χ0) is 17.3. The standard InChI is InChI=1S/C12H22O11.Mg.2H/c13-1-3-5(15)6(16)9(19)12(22-3)23-10-4(2-14)21-11(20)8(18)7(10)17;;;/h3-20H,1-2H2;;;/t3-,4-,5+,6+,7-,8-,9-,10-,11-,12+;;;/m1.../s1. The van der Waals surface area contributed by atoms with Gasteiger partial charge < -0.3 is 55.1 Å². The molecule has 2 rings (SSSR count). The first kappa shape index (κ1) is 22.4. The van der Waals surface area contributed by atoms with Gasteiger partial charge in [-0.3, -0.25) is 0 Å². The second-order valence-corrected chi connectivity index (χ2v) is 5.53. The van der Waals surface area contributed by atoms with Crippen molar-refractivity contribution < 1.29 is 55.1 Å². The molecule has 12 heteroatoms. The molecule has 0 aromatic heterocycles. The summed E-state index contributed by atoms with van der Waals surface area (Å²) in [5.74, 6) is 0. The Labute approximate surface area is 153 Å². The molecule has 0 aromatic rings. The Bertz CT molecular complexity index is 384. The second-order valence-electron chi connectivity index (χ2n) is 5.53. The maximum Gasteiger partial charge on any atom is 0.316 e. The first-order chi connectivity index (χ1) is 10.8. The second kappa shape index (κ2) is 9.32. The average Bonchev–Trinajstić information content (AvgIpc) is 2.55. The van der Waals surface area contributed by atoms with Crippen molar-refractivity contribution in [3.05, 3.63) is 0 Å². The van der Waals surface area contributed by atoms with Crippen LogP contribution in [0.2, 0.25) is 0 Å². The molecule has 0 amide bonds. The van der Waals surface area contributed by atoms with Gasteiger partial charge in [-0.15, -0.1) is 0 Å². The van der Waals surface area contributed by atoms with Crippen molar-refractivity contribution in [1.29, 1.82) is 0 Å². The molecule has 2 aliphatic rings. The highest BCUT2D eigenvalue weighted by molar-refractivity contribution is 5.75. The van der Waals surface area contributed by atoms with Crippen molar-refractivity contribution in [2.24, 2.45) is 0 Å². The Hall–Kier alpha value is 0.326. The van der Waals surface area contributed by atoms with Gasteiger partial charge in [0.25, 0.3) is 0 Å². The van der Waals surface area contributed by atoms with Crippen LogP contribution in [0.3, 0.4) is 0 Å². The van der Waals surface area contributed by atoms with Crippen LogP contribution < -0.4 is 0 Å². The van der Waals surface area contributed by atoms with Crippen LogP contribution in [0, 0.1) is 0 Å². The zero-order valence-electron chi connectivity index (χ0n) is 12.0. The smallest absolute Gasteiger partial charge is 0.316 e. The molecule has 0 aromatic carbocycles. The van der Waals surface area contributed by atoms with Crippen LogP contribution in [-0.2, 0) is 14.2 Å². The summed E-state index contributed by atoms with van der Waals surface area (Å²) in [4.78, 5) is 0. The zero-order valence-corrected chi connectivity index (χ0v) is 12.0. The monoisotopic (exact) mass is 368 g/mol. The minimum atomic E-state index is -1.74. The van der Waals surface area contributed by atoms with Gasteiger partial charge in [-0.2, -0.15) is 0 Å². The number of aliphatic hydroxyl groups excluding tert-OH is 8. The molecule has 8 N–H and O–H groups in total. The summed E-state index contributed by atoms with van der Waals surface area (Å²) in [6.45, 7) is -1.35. The molecule has 0 saturated carbocycles. The van der Waals surface area contributed by atoms with Crippen molar-refractivity contribution >= 4 is 23.1 Å². The normalized spacial score (nSPS) is 49.5. The fourth-order valence-corrected chi connectivity index (χ4v) is 2.57. The van der Waals surface area contributed by atoms with E-state index in [2.05, 4.69) is 0 Å². The van der Waals surface area contributed by atoms with Crippen LogP contribution in [0.25, 0.3) is 0 Å². The van der Waals surface area contributed by atoms with Crippen LogP contribution in [0.15, 0.2) is 0 Å². The summed E-state index contributed by atoms with van der Waals surface area (Å²) >= 11 is 0. The van der Waals surface area contributed by atoms with E-state index in [1.54, 1.807) is 0 Å². The first-order valence-corrected chi connectivity index (χ1v) is 7.08. The Kier molecular flexibility index (Phi) is 8.68. The molecule has 140 valence electrons. The molecule has 0 radical (unpaired) electrons. The number of hydrogen-bond donors (Lipinski definition) is 8. The van der Waals surface area contributed by atoms with E-state index in [1.807, 2.05) is 0 Å². The largest absolute Gasteiger partial charge is 0.394 e. The third-order valence-corrected chi connectivity index (χ3v) is 3.98. The molecule has 24 heavy (non-hydrogen) atoms. The minimum absolute atomic E-state index is 0. The minimum Gasteiger partial charge on any atom is -0.394 e. The van der Waals surface area contributed by atoms with Crippen LogP contribution in [0.4, 0.5) is 0 Å². The van der Waals surface area contributed by atoms with Crippen molar-refractivity contribution in [2.75, 3.05) is 13.2 Å². The summed E-state index contributed by atoms with van der Waals surface area (Å²) in [7, 11) is 0. The van der Waals surface area contributed by atoms with Crippen molar-refractivity contribution in [1.82, 2.24) is 0 Å². The summed E-state index contributed by atoms with van der Waals surface area (Å²) in [5.41, 5.74) is 0. The van der Waals surface area contributed by atoms with E-state index in [1.165, 1.54) is 0 Å². The van der Waals surface area contributed by atoms with Crippen molar-refractivity contribution in [3.63, 3.8) is 0 Å². The van der Waals surface area contributed by atoms with Crippen molar-refractivity contribution in [2.45, 2.75) is 61.4 Å². The van der Waals surface area contributed by atoms with Gasteiger partial charge in [0.05, 0.1) is 13.2 Å². The summed E-state index contributed by atoms with van der Waals surface area (Å²) in [5, 5.41) is 76.5. The molecule has 2 heterocycles. The van der Waals surface area contributed by atoms with Gasteiger partial charge in [-0.25, -0.2) is 0 Å². The van der Waals surface area contributed by atoms with E-state index in [4.69, 9.17) is 19.3 Å². The molecule has 0 unspecified atom stereocenters. The average molecular weight is 369 g/mol. The number of rotatable bonds is 4. The number of ether oxygens (including phenoxy) is 3. The van der Waals surface area contributed by atoms with Gasteiger partial charge in [-0.05, 0) is 0 Å². The van der Waals surface area contributed by atoms with Gasteiger partial charge in [0.2, 0.25) is 0 Å². The lowest BCUT2D eigenvalue weighted by atomic mass is 9.97. The summed E-state index contributed by atoms with van der Waals surface area (Å²) in [6, 6.07) is 0. The lowest BCUT2D eigenvalue weighted by Crippen LogP contribution is -2.64. The molecule has 0 bridgehead atoms. The lowest BCUT2D eigenvalue weighted by molar-refractivity contribution is -0.355. The predicted molar refractivity (Wildman–Crippen MR) is 77.2 cm³/mol. The molecular formula is C12H24MgO11. The molecule has 2 aliphatic heterocycles. The van der Waals surface area contributed by atoms with Crippen LogP contribution in [0.1, 0.15) is 0 Å². The molecule has 10 atom stereocenters. The molecule has 2 fully saturated rings. The quantitative estimate of drug-likeness (QED) is 0.220. The highest BCUT2D eigenvalue weighted by atomic mass is 24.3. The van der Waals surface area contributed by atoms with E-state index >= 15 is 0 Å². The van der Waals surface area contributed by atoms with Gasteiger partial charge in [-0.1, -0.05) is 0 Å². The maximum absolute atomic E-state index is 9.94.